The van der Waals surface area contributed by atoms with Crippen LogP contribution in [0, 0.1) is 11.6 Å². The van der Waals surface area contributed by atoms with Gasteiger partial charge in [0.1, 0.15) is 23.6 Å². The summed E-state index contributed by atoms with van der Waals surface area (Å²) >= 11 is 0. The first-order valence-electron chi connectivity index (χ1n) is 11.4. The predicted octanol–water partition coefficient (Wildman–Crippen LogP) is 3.96. The quantitative estimate of drug-likeness (QED) is 0.267. The van der Waals surface area contributed by atoms with Crippen LogP contribution in [0.2, 0.25) is 0 Å². The van der Waals surface area contributed by atoms with Crippen LogP contribution in [-0.4, -0.2) is 44.9 Å². The van der Waals surface area contributed by atoms with E-state index in [1.165, 1.54) is 30.2 Å². The second-order valence-electron chi connectivity index (χ2n) is 8.35. The van der Waals surface area contributed by atoms with Crippen LogP contribution in [-0.2, 0) is 11.3 Å². The topological polar surface area (TPSA) is 109 Å². The van der Waals surface area contributed by atoms with E-state index in [1.807, 2.05) is 18.2 Å². The second kappa shape index (κ2) is 11.0. The fourth-order valence-electron chi connectivity index (χ4n) is 3.74. The number of para-hydroxylation sites is 1. The highest BCUT2D eigenvalue weighted by atomic mass is 19.1. The molecule has 3 aromatic carbocycles. The summed E-state index contributed by atoms with van der Waals surface area (Å²) < 4.78 is 39.9. The summed E-state index contributed by atoms with van der Waals surface area (Å²) in [6, 6.07) is 15.0. The van der Waals surface area contributed by atoms with Crippen molar-refractivity contribution in [2.75, 3.05) is 12.0 Å². The molecule has 196 valence electrons. The normalized spacial score (nSPS) is 10.9. The van der Waals surface area contributed by atoms with Crippen LogP contribution < -0.4 is 15.3 Å². The first-order chi connectivity index (χ1) is 18.2. The Labute approximate surface area is 215 Å². The molecule has 0 aliphatic carbocycles. The molecule has 1 heterocycles. The Bertz CT molecular complexity index is 1510. The number of carbonyl (C=O) groups excluding carboxylic acids is 2. The summed E-state index contributed by atoms with van der Waals surface area (Å²) in [4.78, 5) is 40.4. The molecule has 0 spiro atoms. The third-order valence-electron chi connectivity index (χ3n) is 5.53. The number of ether oxygens (including phenoxy) is 2. The minimum absolute atomic E-state index is 0.0188. The molecule has 0 fully saturated rings. The number of anilines is 1. The number of hydrogen-bond acceptors (Lipinski definition) is 7. The molecule has 0 unspecified atom stereocenters. The van der Waals surface area contributed by atoms with Gasteiger partial charge in [-0.3, -0.25) is 4.90 Å². The van der Waals surface area contributed by atoms with Crippen molar-refractivity contribution in [2.24, 2.45) is 0 Å². The fourth-order valence-corrected chi connectivity index (χ4v) is 3.74. The molecule has 1 amide bonds. The molecule has 12 heteroatoms. The molecule has 1 aromatic heterocycles. The van der Waals surface area contributed by atoms with Gasteiger partial charge in [0, 0.05) is 11.7 Å². The third-order valence-corrected chi connectivity index (χ3v) is 5.53. The lowest BCUT2D eigenvalue weighted by atomic mass is 10.1. The minimum atomic E-state index is -1.18. The lowest BCUT2D eigenvalue weighted by Crippen LogP contribution is -2.44. The Kier molecular flexibility index (Phi) is 7.61. The Morgan fingerprint density at radius 2 is 1.66 bits per heavy atom. The van der Waals surface area contributed by atoms with Crippen molar-refractivity contribution in [3.8, 4) is 11.4 Å². The summed E-state index contributed by atoms with van der Waals surface area (Å²) in [5, 5.41) is 7.02. The smallest absolute Gasteiger partial charge is 0.377 e. The van der Waals surface area contributed by atoms with E-state index in [0.29, 0.717) is 9.36 Å². The van der Waals surface area contributed by atoms with Crippen molar-refractivity contribution in [2.45, 2.75) is 26.5 Å². The van der Waals surface area contributed by atoms with Gasteiger partial charge in [0.25, 0.3) is 0 Å². The number of hydrogen-bond donors (Lipinski definition) is 0. The molecule has 0 N–H and O–H groups in total. The van der Waals surface area contributed by atoms with Crippen LogP contribution in [0.15, 0.2) is 71.5 Å². The van der Waals surface area contributed by atoms with Gasteiger partial charge in [0.15, 0.2) is 11.6 Å². The monoisotopic (exact) mass is 523 g/mol. The van der Waals surface area contributed by atoms with Gasteiger partial charge in [-0.2, -0.15) is 4.68 Å². The summed E-state index contributed by atoms with van der Waals surface area (Å²) in [6.07, 6.45) is 0. The summed E-state index contributed by atoms with van der Waals surface area (Å²) in [7, 11) is 1.38. The van der Waals surface area contributed by atoms with Crippen LogP contribution in [0.4, 0.5) is 19.3 Å². The average molecular weight is 523 g/mol. The van der Waals surface area contributed by atoms with E-state index in [4.69, 9.17) is 9.47 Å². The molecule has 0 saturated carbocycles. The average Bonchev–Trinajstić information content (AvgIpc) is 3.28. The molecule has 0 aliphatic rings. The van der Waals surface area contributed by atoms with E-state index in [1.54, 1.807) is 26.0 Å². The molecule has 4 rings (SSSR count). The molecule has 0 bridgehead atoms. The Hall–Kier alpha value is -4.87. The van der Waals surface area contributed by atoms with Crippen LogP contribution in [0.3, 0.4) is 0 Å². The van der Waals surface area contributed by atoms with E-state index < -0.39 is 41.1 Å². The molecule has 0 radical (unpaired) electrons. The summed E-state index contributed by atoms with van der Waals surface area (Å²) in [5.74, 6) is -2.59. The van der Waals surface area contributed by atoms with Gasteiger partial charge in [-0.1, -0.05) is 36.4 Å². The highest BCUT2D eigenvalue weighted by molar-refractivity contribution is 5.97. The van der Waals surface area contributed by atoms with E-state index in [0.717, 1.165) is 23.8 Å². The number of carbonyl (C=O) groups is 2. The molecule has 0 saturated heterocycles. The van der Waals surface area contributed by atoms with Crippen LogP contribution >= 0.6 is 0 Å². The van der Waals surface area contributed by atoms with Gasteiger partial charge in [0.2, 0.25) is 0 Å². The minimum Gasteiger partial charge on any atom is -0.496 e. The summed E-state index contributed by atoms with van der Waals surface area (Å²) in [6.45, 7) is 3.36. The number of tetrazole rings is 1. The third kappa shape index (κ3) is 5.14. The van der Waals surface area contributed by atoms with Crippen LogP contribution in [0.1, 0.15) is 29.8 Å². The number of rotatable bonds is 7. The zero-order valence-corrected chi connectivity index (χ0v) is 20.7. The van der Waals surface area contributed by atoms with Gasteiger partial charge >= 0.3 is 17.7 Å². The van der Waals surface area contributed by atoms with Gasteiger partial charge in [-0.25, -0.2) is 23.2 Å². The standard InChI is InChI=1S/C26H23F2N5O5/c1-16(2)31(25(35)33-26(36)32(29-30-33)23-20(27)10-7-11-21(23)28)18-12-13-22(37-3)19(14-18)24(34)38-15-17-8-5-4-6-9-17/h4-14,16H,15H2,1-3H3. The number of methoxy groups -OCH3 is 1. The number of benzene rings is 3. The van der Waals surface area contributed by atoms with Crippen molar-refractivity contribution in [3.05, 3.63) is 100.0 Å². The highest BCUT2D eigenvalue weighted by Gasteiger charge is 2.28. The zero-order chi connectivity index (χ0) is 27.4. The molecule has 4 aromatic rings. The van der Waals surface area contributed by atoms with Gasteiger partial charge in [-0.05, 0) is 60.2 Å². The maximum absolute atomic E-state index is 14.2. The van der Waals surface area contributed by atoms with E-state index >= 15 is 0 Å². The molecular formula is C26H23F2N5O5. The molecule has 0 atom stereocenters. The second-order valence-corrected chi connectivity index (χ2v) is 8.35. The van der Waals surface area contributed by atoms with Crippen molar-refractivity contribution in [1.82, 2.24) is 19.8 Å². The van der Waals surface area contributed by atoms with Crippen molar-refractivity contribution < 1.29 is 27.8 Å². The van der Waals surface area contributed by atoms with Gasteiger partial charge in [0.05, 0.1) is 7.11 Å². The van der Waals surface area contributed by atoms with Crippen molar-refractivity contribution >= 4 is 17.7 Å². The maximum atomic E-state index is 14.2. The number of aromatic nitrogens is 4. The maximum Gasteiger partial charge on any atom is 0.377 e. The number of esters is 1. The largest absolute Gasteiger partial charge is 0.496 e. The number of nitrogens with zero attached hydrogens (tertiary/aromatic N) is 5. The lowest BCUT2D eigenvalue weighted by molar-refractivity contribution is 0.0469. The number of amides is 1. The van der Waals surface area contributed by atoms with E-state index in [-0.39, 0.29) is 23.6 Å². The van der Waals surface area contributed by atoms with E-state index in [2.05, 4.69) is 10.4 Å². The SMILES string of the molecule is COc1ccc(N(C(=O)n2nnn(-c3c(F)cccc3F)c2=O)C(C)C)cc1C(=O)OCc1ccccc1. The van der Waals surface area contributed by atoms with Crippen molar-refractivity contribution in [3.63, 3.8) is 0 Å². The Morgan fingerprint density at radius 3 is 2.29 bits per heavy atom. The van der Waals surface area contributed by atoms with Crippen LogP contribution in [0.25, 0.3) is 5.69 Å². The van der Waals surface area contributed by atoms with Gasteiger partial charge in [-0.15, -0.1) is 4.68 Å². The fraction of sp³-hybridized carbons (Fsp3) is 0.192. The zero-order valence-electron chi connectivity index (χ0n) is 20.7. The van der Waals surface area contributed by atoms with E-state index in [9.17, 15) is 23.2 Å². The van der Waals surface area contributed by atoms with Crippen molar-refractivity contribution in [1.29, 1.82) is 0 Å². The first-order valence-corrected chi connectivity index (χ1v) is 11.4. The molecule has 0 aliphatic heterocycles. The highest BCUT2D eigenvalue weighted by Crippen LogP contribution is 2.28. The Morgan fingerprint density at radius 1 is 0.974 bits per heavy atom. The van der Waals surface area contributed by atoms with Gasteiger partial charge < -0.3 is 9.47 Å². The number of halogens is 2. The first kappa shape index (κ1) is 26.2. The Balaban J connectivity index is 1.67. The molecular weight excluding hydrogens is 500 g/mol. The lowest BCUT2D eigenvalue weighted by Gasteiger charge is -2.26. The molecule has 38 heavy (non-hydrogen) atoms. The summed E-state index contributed by atoms with van der Waals surface area (Å²) in [5.41, 5.74) is -0.898. The van der Waals surface area contributed by atoms with Crippen LogP contribution in [0.5, 0.6) is 5.75 Å². The predicted molar refractivity (Wildman–Crippen MR) is 132 cm³/mol. The molecule has 10 nitrogen and oxygen atoms in total.